The van der Waals surface area contributed by atoms with E-state index in [0.29, 0.717) is 105 Å². The molecule has 3 aliphatic rings. The molecule has 4 heterocycles. The van der Waals surface area contributed by atoms with Gasteiger partial charge in [-0.3, -0.25) is 38.9 Å². The Bertz CT molecular complexity index is 4280. The largest absolute Gasteiger partial charge is 0.491 e. The summed E-state index contributed by atoms with van der Waals surface area (Å²) in [4.78, 5) is 141. The molecule has 0 spiro atoms. The molecule has 0 saturated carbocycles. The number of halogens is 1. The van der Waals surface area contributed by atoms with E-state index in [1.807, 2.05) is 31.3 Å². The quantitative estimate of drug-likeness (QED) is 0.0117. The van der Waals surface area contributed by atoms with Crippen LogP contribution < -0.4 is 51.6 Å². The van der Waals surface area contributed by atoms with Gasteiger partial charge in [0.15, 0.2) is 5.78 Å². The number of carbonyl (C=O) groups excluding carboxylic acids is 10. The molecule has 0 radical (unpaired) electrons. The van der Waals surface area contributed by atoms with Crippen LogP contribution in [0.3, 0.4) is 0 Å². The number of nitrogens with zero attached hydrogens (tertiary/aromatic N) is 4. The normalized spacial score (nSPS) is 15.1. The molecule has 6 aromatic carbocycles. The predicted molar refractivity (Wildman–Crippen MR) is 388 cm³/mol. The van der Waals surface area contributed by atoms with Gasteiger partial charge >= 0.3 is 18.2 Å². The number of benzene rings is 6. The Morgan fingerprint density at radius 3 is 2.02 bits per heavy atom. The number of amides is 10. The van der Waals surface area contributed by atoms with Crippen molar-refractivity contribution in [3.8, 4) is 11.5 Å². The highest BCUT2D eigenvalue weighted by molar-refractivity contribution is 6.32. The van der Waals surface area contributed by atoms with Crippen molar-refractivity contribution in [2.75, 3.05) is 124 Å². The second-order valence-corrected chi connectivity index (χ2v) is 25.9. The number of nitrogens with one attached hydrogen (secondary N) is 6. The number of imide groups is 1. The number of hydrogen-bond acceptors (Lipinski definition) is 17. The minimum atomic E-state index is -0.941. The lowest BCUT2D eigenvalue weighted by Gasteiger charge is -2.31. The number of Topliss-reactive ketones (excluding diaryl/α,β-unsaturated/α-hetero) is 1. The third-order valence-electron chi connectivity index (χ3n) is 18.0. The maximum absolute atomic E-state index is 14.5. The molecule has 1 saturated heterocycles. The monoisotopic (exact) mass is 1430 g/mol. The van der Waals surface area contributed by atoms with Crippen LogP contribution in [0, 0.1) is 11.8 Å². The van der Waals surface area contributed by atoms with Crippen LogP contribution in [-0.4, -0.2) is 179 Å². The average Bonchev–Trinajstić information content (AvgIpc) is 1.60. The number of aromatic nitrogens is 1. The van der Waals surface area contributed by atoms with Crippen LogP contribution in [0.2, 0.25) is 0 Å². The Labute approximate surface area is 599 Å². The fraction of sp³-hybridized carbons (Fsp3) is 0.360. The van der Waals surface area contributed by atoms with Crippen LogP contribution in [0.25, 0.3) is 21.7 Å². The van der Waals surface area contributed by atoms with Crippen molar-refractivity contribution < 1.29 is 76.4 Å². The van der Waals surface area contributed by atoms with E-state index < -0.39 is 47.9 Å². The van der Waals surface area contributed by atoms with Gasteiger partial charge in [-0.25, -0.2) is 19.3 Å². The average molecular weight is 1430 g/mol. The molecule has 7 aromatic rings. The van der Waals surface area contributed by atoms with E-state index in [0.717, 1.165) is 34.3 Å². The molecule has 1 fully saturated rings. The number of rotatable bonds is 32. The zero-order valence-corrected chi connectivity index (χ0v) is 58.7. The van der Waals surface area contributed by atoms with Gasteiger partial charge in [0.1, 0.15) is 37.0 Å². The van der Waals surface area contributed by atoms with Gasteiger partial charge in [0.2, 0.25) is 11.8 Å². The number of piperazine rings is 1. The third-order valence-corrected chi connectivity index (χ3v) is 18.3. The lowest BCUT2D eigenvalue weighted by molar-refractivity contribution is -0.133. The smallest absolute Gasteiger partial charge is 0.415 e. The molecule has 27 nitrogen and oxygen atoms in total. The molecule has 0 unspecified atom stereocenters. The van der Waals surface area contributed by atoms with Crippen molar-refractivity contribution in [2.45, 2.75) is 65.5 Å². The van der Waals surface area contributed by atoms with Crippen LogP contribution in [-0.2, 0) is 49.5 Å². The first-order valence-corrected chi connectivity index (χ1v) is 34.5. The summed E-state index contributed by atoms with van der Waals surface area (Å²) in [7, 11) is 2.01. The highest BCUT2D eigenvalue weighted by Gasteiger charge is 2.38. The molecule has 542 valence electrons. The van der Waals surface area contributed by atoms with Crippen molar-refractivity contribution in [3.05, 3.63) is 161 Å². The summed E-state index contributed by atoms with van der Waals surface area (Å²) < 4.78 is 33.9. The third kappa shape index (κ3) is 19.5. The number of ether oxygens (including phenoxy) is 6. The van der Waals surface area contributed by atoms with Crippen molar-refractivity contribution in [2.24, 2.45) is 17.6 Å². The summed E-state index contributed by atoms with van der Waals surface area (Å²) in [5.41, 5.74) is 11.2. The van der Waals surface area contributed by atoms with Gasteiger partial charge in [0.05, 0.1) is 50.5 Å². The first-order valence-electron chi connectivity index (χ1n) is 34.0. The van der Waals surface area contributed by atoms with E-state index in [1.54, 1.807) is 141 Å². The minimum absolute atomic E-state index is 0.0893. The maximum Gasteiger partial charge on any atom is 0.415 e. The summed E-state index contributed by atoms with van der Waals surface area (Å²) in [6.07, 6.45) is -0.929. The molecule has 0 aliphatic carbocycles. The number of anilines is 5. The van der Waals surface area contributed by atoms with Gasteiger partial charge in [-0.05, 0) is 141 Å². The number of ketones is 1. The van der Waals surface area contributed by atoms with Crippen molar-refractivity contribution in [1.29, 1.82) is 0 Å². The van der Waals surface area contributed by atoms with E-state index in [2.05, 4.69) is 36.5 Å². The molecular weight excluding hydrogens is 1350 g/mol. The number of urea groups is 1. The number of primary amides is 1. The number of H-pyrrole nitrogens is 1. The Morgan fingerprint density at radius 1 is 0.709 bits per heavy atom. The number of carbonyl (C=O) groups is 10. The zero-order valence-electron chi connectivity index (χ0n) is 57.9. The van der Waals surface area contributed by atoms with Crippen LogP contribution in [0.15, 0.2) is 139 Å². The fourth-order valence-corrected chi connectivity index (χ4v) is 12.4. The summed E-state index contributed by atoms with van der Waals surface area (Å²) in [5.74, 6) is -3.02. The zero-order chi connectivity index (χ0) is 73.3. The molecule has 10 amide bonds. The lowest BCUT2D eigenvalue weighted by Crippen LogP contribution is -2.48. The Hall–Kier alpha value is -10.7. The number of nitrogens with two attached hydrogens (primary N) is 1. The van der Waals surface area contributed by atoms with Gasteiger partial charge in [-0.15, -0.1) is 11.6 Å². The van der Waals surface area contributed by atoms with Gasteiger partial charge < -0.3 is 75.1 Å². The predicted octanol–water partition coefficient (Wildman–Crippen LogP) is 9.49. The molecule has 10 rings (SSSR count). The standard InChI is InChI=1S/C75H84ClN11O16/c1-45(2)67(83-65(89)44-100-34-33-98-31-32-99-35-36-101-57-23-21-56(22-24-57)87-70(92)46(3)47(4)71(87)93)63(88)39-50(9-8-26-78-73(77)95)69(91)79-53-16-12-48(13-17-53)43-102-74(96)81-54-18-14-49(15-19-54)68(90)80-55-20-25-60-51(37-55)38-61(82-60)72(94)86-42-52(41-76)66-59-11-7-6-10-58(59)64(40-62(66)86)103-75(97)85-29-27-84(5)28-30-85/h6-7,10-25,37-38,40,45,50,52,67,82H,8-9,26-36,39,41-44H2,1-5H3,(H,79,91)(H,80,90)(H,81,96)(H,83,89)(H3,77,78,95)/t50-,52-,67+/m1/s1. The molecule has 3 atom stereocenters. The Kier molecular flexibility index (Phi) is 25.7. The van der Waals surface area contributed by atoms with Gasteiger partial charge in [-0.2, -0.15) is 0 Å². The molecular formula is C75H84ClN11O16. The topological polar surface area (TPSA) is 341 Å². The van der Waals surface area contributed by atoms with E-state index in [4.69, 9.17) is 45.8 Å². The number of hydrogen-bond donors (Lipinski definition) is 7. The SMILES string of the molecule is CC1=C(C)C(=O)N(c2ccc(OCCOCCOCCOCC(=O)N[C@H](C(=O)C[C@@H](CCCNC(N)=O)C(=O)Nc3ccc(COC(=O)Nc4ccc(C(=O)Nc5ccc6[nH]c(C(=O)N7C[C@@H](CCl)c8c7cc(OC(=O)N7CCN(C)CC7)c7ccccc87)cc6c5)cc4)cc3)C(C)C)cc2)C1=O. The molecule has 1 aromatic heterocycles. The van der Waals surface area contributed by atoms with Crippen LogP contribution in [0.4, 0.5) is 42.8 Å². The van der Waals surface area contributed by atoms with E-state index in [9.17, 15) is 47.9 Å². The van der Waals surface area contributed by atoms with Crippen molar-refractivity contribution >= 4 is 121 Å². The second-order valence-electron chi connectivity index (χ2n) is 25.6. The minimum Gasteiger partial charge on any atom is -0.491 e. The van der Waals surface area contributed by atoms with Crippen LogP contribution in [0.1, 0.15) is 84.8 Å². The van der Waals surface area contributed by atoms with Crippen molar-refractivity contribution in [3.63, 3.8) is 0 Å². The fourth-order valence-electron chi connectivity index (χ4n) is 12.2. The molecule has 3 aliphatic heterocycles. The number of likely N-dealkylation sites (N-methyl/N-ethyl adjacent to an activating group) is 1. The molecule has 8 N–H and O–H groups in total. The van der Waals surface area contributed by atoms with Gasteiger partial charge in [0, 0.05) is 120 Å². The molecule has 0 bridgehead atoms. The number of alkyl halides is 1. The number of aromatic amines is 1. The van der Waals surface area contributed by atoms with Crippen molar-refractivity contribution in [1.82, 2.24) is 25.4 Å². The van der Waals surface area contributed by atoms with E-state index in [-0.39, 0.29) is 113 Å². The van der Waals surface area contributed by atoms with Crippen LogP contribution >= 0.6 is 11.6 Å². The van der Waals surface area contributed by atoms with Gasteiger partial charge in [-0.1, -0.05) is 50.2 Å². The summed E-state index contributed by atoms with van der Waals surface area (Å²) in [6.45, 7) is 10.6. The Balaban J connectivity index is 0.635. The maximum atomic E-state index is 14.5. The number of fused-ring (bicyclic) bond motifs is 4. The van der Waals surface area contributed by atoms with Crippen LogP contribution in [0.5, 0.6) is 11.5 Å². The van der Waals surface area contributed by atoms with E-state index >= 15 is 0 Å². The highest BCUT2D eigenvalue weighted by Crippen LogP contribution is 2.46. The highest BCUT2D eigenvalue weighted by atomic mass is 35.5. The van der Waals surface area contributed by atoms with E-state index in [1.165, 1.54) is 0 Å². The summed E-state index contributed by atoms with van der Waals surface area (Å²) in [6, 6.07) is 34.0. The first kappa shape index (κ1) is 75.0. The second kappa shape index (κ2) is 35.3. The Morgan fingerprint density at radius 2 is 1.35 bits per heavy atom. The lowest BCUT2D eigenvalue weighted by atomic mass is 9.89. The molecule has 103 heavy (non-hydrogen) atoms. The first-order chi connectivity index (χ1) is 49.6. The van der Waals surface area contributed by atoms with Gasteiger partial charge in [0.25, 0.3) is 23.6 Å². The molecule has 28 heteroatoms. The summed E-state index contributed by atoms with van der Waals surface area (Å²) in [5, 5.41) is 15.9. The summed E-state index contributed by atoms with van der Waals surface area (Å²) >= 11 is 6.57.